The number of aliphatic carboxylic acids is 2. The number of unbranched alkanes of at least 4 members (excludes halogenated alkanes) is 1. The highest BCUT2D eigenvalue weighted by Crippen LogP contribution is 2.04. The first-order valence-corrected chi connectivity index (χ1v) is 8.95. The fourth-order valence-electron chi connectivity index (χ4n) is 2.19. The van der Waals surface area contributed by atoms with Crippen LogP contribution in [0.1, 0.15) is 32.6 Å². The van der Waals surface area contributed by atoms with Crippen molar-refractivity contribution in [2.75, 3.05) is 13.1 Å². The van der Waals surface area contributed by atoms with Crippen molar-refractivity contribution in [1.29, 1.82) is 0 Å². The predicted octanol–water partition coefficient (Wildman–Crippen LogP) is -3.53. The van der Waals surface area contributed by atoms with E-state index in [4.69, 9.17) is 21.7 Å². The molecule has 0 spiro atoms. The van der Waals surface area contributed by atoms with Crippen LogP contribution in [0, 0.1) is 0 Å². The summed E-state index contributed by atoms with van der Waals surface area (Å²) in [5.74, 6) is -5.38. The van der Waals surface area contributed by atoms with E-state index in [-0.39, 0.29) is 6.42 Å². The highest BCUT2D eigenvalue weighted by molar-refractivity contribution is 5.95. The maximum Gasteiger partial charge on any atom is 0.322 e. The lowest BCUT2D eigenvalue weighted by molar-refractivity contribution is -0.142. The number of hydrogen-bond acceptors (Lipinski definition) is 8. The monoisotopic (exact) mass is 419 g/mol. The van der Waals surface area contributed by atoms with Gasteiger partial charge in [-0.3, -0.25) is 24.0 Å². The molecule has 166 valence electrons. The molecule has 0 aromatic carbocycles. The normalized spacial score (nSPS) is 14.8. The molecule has 0 saturated carbocycles. The fraction of sp³-hybridized carbons (Fsp3) is 0.688. The molecule has 29 heavy (non-hydrogen) atoms. The molecule has 0 aliphatic rings. The van der Waals surface area contributed by atoms with Gasteiger partial charge >= 0.3 is 11.9 Å². The van der Waals surface area contributed by atoms with E-state index in [0.717, 1.165) is 0 Å². The molecule has 0 heterocycles. The smallest absolute Gasteiger partial charge is 0.322 e. The van der Waals surface area contributed by atoms with E-state index < -0.39 is 66.9 Å². The highest BCUT2D eigenvalue weighted by Gasteiger charge is 2.30. The lowest BCUT2D eigenvalue weighted by Crippen LogP contribution is -2.57. The third-order valence-electron chi connectivity index (χ3n) is 3.83. The zero-order valence-corrected chi connectivity index (χ0v) is 16.1. The zero-order chi connectivity index (χ0) is 22.6. The average molecular weight is 419 g/mol. The Bertz CT molecular complexity index is 598. The van der Waals surface area contributed by atoms with Gasteiger partial charge in [0.2, 0.25) is 17.7 Å². The van der Waals surface area contributed by atoms with Gasteiger partial charge in [0.25, 0.3) is 0 Å². The number of carbonyl (C=O) groups excluding carboxylic acids is 3. The summed E-state index contributed by atoms with van der Waals surface area (Å²) in [6, 6.07) is -4.11. The molecule has 3 amide bonds. The molecule has 0 radical (unpaired) electrons. The molecule has 0 aliphatic carbocycles. The van der Waals surface area contributed by atoms with Gasteiger partial charge in [-0.2, -0.15) is 0 Å². The summed E-state index contributed by atoms with van der Waals surface area (Å²) in [5.41, 5.74) is 10.9. The van der Waals surface area contributed by atoms with Crippen molar-refractivity contribution in [3.63, 3.8) is 0 Å². The van der Waals surface area contributed by atoms with Crippen molar-refractivity contribution in [2.45, 2.75) is 56.8 Å². The summed E-state index contributed by atoms with van der Waals surface area (Å²) in [5, 5.41) is 33.6. The quantitative estimate of drug-likeness (QED) is 0.129. The van der Waals surface area contributed by atoms with Gasteiger partial charge in [0.05, 0.1) is 12.5 Å². The molecule has 0 aromatic rings. The molecular weight excluding hydrogens is 390 g/mol. The maximum atomic E-state index is 12.5. The van der Waals surface area contributed by atoms with Crippen LogP contribution < -0.4 is 27.4 Å². The van der Waals surface area contributed by atoms with Crippen LogP contribution in [0.25, 0.3) is 0 Å². The van der Waals surface area contributed by atoms with Crippen LogP contribution in [0.2, 0.25) is 0 Å². The first kappa shape index (κ1) is 26.2. The van der Waals surface area contributed by atoms with Gasteiger partial charge < -0.3 is 42.7 Å². The summed E-state index contributed by atoms with van der Waals surface area (Å²) in [7, 11) is 0. The number of nitrogens with one attached hydrogen (secondary N) is 3. The van der Waals surface area contributed by atoms with E-state index in [1.54, 1.807) is 0 Å². The number of amides is 3. The topological polar surface area (TPSA) is 234 Å². The summed E-state index contributed by atoms with van der Waals surface area (Å²) in [6.07, 6.45) is -0.942. The summed E-state index contributed by atoms with van der Waals surface area (Å²) in [6.45, 7) is 0.920. The van der Waals surface area contributed by atoms with E-state index in [9.17, 15) is 29.1 Å². The molecule has 13 heteroatoms. The number of carboxylic acid groups (broad SMARTS) is 2. The van der Waals surface area contributed by atoms with Crippen LogP contribution in [0.5, 0.6) is 0 Å². The third kappa shape index (κ3) is 11.0. The maximum absolute atomic E-state index is 12.5. The number of carbonyl (C=O) groups is 5. The van der Waals surface area contributed by atoms with Crippen LogP contribution in [0.15, 0.2) is 0 Å². The molecule has 0 aliphatic heterocycles. The standard InChI is InChI=1S/C16H29N5O8/c1-8(22)13(18)16(29)21-10(6-11(23)24)15(28)20-9(4-2-3-5-17)14(27)19-7-12(25)26/h8-10,13,22H,2-7,17-18H2,1H3,(H,19,27)(H,20,28)(H,21,29)(H,23,24)(H,25,26). The Morgan fingerprint density at radius 2 is 1.48 bits per heavy atom. The van der Waals surface area contributed by atoms with Crippen LogP contribution in [-0.4, -0.2) is 82.3 Å². The van der Waals surface area contributed by atoms with Crippen molar-refractivity contribution in [1.82, 2.24) is 16.0 Å². The van der Waals surface area contributed by atoms with Gasteiger partial charge in [0.1, 0.15) is 24.7 Å². The number of hydrogen-bond donors (Lipinski definition) is 8. The Balaban J connectivity index is 5.25. The van der Waals surface area contributed by atoms with Crippen molar-refractivity contribution >= 4 is 29.7 Å². The minimum atomic E-state index is -1.56. The Kier molecular flexibility index (Phi) is 12.1. The minimum Gasteiger partial charge on any atom is -0.481 e. The van der Waals surface area contributed by atoms with E-state index in [1.165, 1.54) is 6.92 Å². The molecule has 0 saturated heterocycles. The second-order valence-corrected chi connectivity index (χ2v) is 6.38. The Hall–Kier alpha value is -2.77. The van der Waals surface area contributed by atoms with Crippen molar-refractivity contribution in [2.24, 2.45) is 11.5 Å². The average Bonchev–Trinajstić information content (AvgIpc) is 2.63. The van der Waals surface area contributed by atoms with Crippen molar-refractivity contribution < 1.29 is 39.3 Å². The molecule has 4 atom stereocenters. The van der Waals surface area contributed by atoms with Gasteiger partial charge in [-0.05, 0) is 32.7 Å². The Morgan fingerprint density at radius 1 is 0.897 bits per heavy atom. The first-order valence-electron chi connectivity index (χ1n) is 8.95. The summed E-state index contributed by atoms with van der Waals surface area (Å²) in [4.78, 5) is 58.3. The summed E-state index contributed by atoms with van der Waals surface area (Å²) < 4.78 is 0. The van der Waals surface area contributed by atoms with Crippen LogP contribution in [0.4, 0.5) is 0 Å². The fourth-order valence-corrected chi connectivity index (χ4v) is 2.19. The van der Waals surface area contributed by atoms with Crippen LogP contribution >= 0.6 is 0 Å². The van der Waals surface area contributed by atoms with E-state index >= 15 is 0 Å². The Labute approximate surface area is 167 Å². The van der Waals surface area contributed by atoms with Gasteiger partial charge in [-0.1, -0.05) is 0 Å². The SMILES string of the molecule is CC(O)C(N)C(=O)NC(CC(=O)O)C(=O)NC(CCCCN)C(=O)NCC(=O)O. The van der Waals surface area contributed by atoms with Gasteiger partial charge in [0.15, 0.2) is 0 Å². The lowest BCUT2D eigenvalue weighted by Gasteiger charge is -2.23. The molecule has 10 N–H and O–H groups in total. The van der Waals surface area contributed by atoms with Crippen molar-refractivity contribution in [3.8, 4) is 0 Å². The molecule has 13 nitrogen and oxygen atoms in total. The molecular formula is C16H29N5O8. The summed E-state index contributed by atoms with van der Waals surface area (Å²) >= 11 is 0. The molecule has 0 bridgehead atoms. The number of rotatable bonds is 14. The van der Waals surface area contributed by atoms with Gasteiger partial charge in [-0.15, -0.1) is 0 Å². The minimum absolute atomic E-state index is 0.120. The second kappa shape index (κ2) is 13.4. The number of aliphatic hydroxyl groups excluding tert-OH is 1. The van der Waals surface area contributed by atoms with Crippen LogP contribution in [0.3, 0.4) is 0 Å². The molecule has 0 aromatic heterocycles. The van der Waals surface area contributed by atoms with Crippen molar-refractivity contribution in [3.05, 3.63) is 0 Å². The van der Waals surface area contributed by atoms with E-state index in [2.05, 4.69) is 16.0 Å². The molecule has 0 fully saturated rings. The van der Waals surface area contributed by atoms with E-state index in [1.807, 2.05) is 0 Å². The van der Waals surface area contributed by atoms with Gasteiger partial charge in [-0.25, -0.2) is 0 Å². The largest absolute Gasteiger partial charge is 0.481 e. The highest BCUT2D eigenvalue weighted by atomic mass is 16.4. The van der Waals surface area contributed by atoms with E-state index in [0.29, 0.717) is 19.4 Å². The van der Waals surface area contributed by atoms with Crippen LogP contribution in [-0.2, 0) is 24.0 Å². The molecule has 0 rings (SSSR count). The number of carboxylic acids is 2. The first-order chi connectivity index (χ1) is 13.5. The molecule has 4 unspecified atom stereocenters. The van der Waals surface area contributed by atoms with Gasteiger partial charge in [0, 0.05) is 0 Å². The third-order valence-corrected chi connectivity index (χ3v) is 3.83. The second-order valence-electron chi connectivity index (χ2n) is 6.38. The number of nitrogens with two attached hydrogens (primary N) is 2. The number of aliphatic hydroxyl groups is 1. The Morgan fingerprint density at radius 3 is 1.97 bits per heavy atom. The predicted molar refractivity (Wildman–Crippen MR) is 99.3 cm³/mol. The lowest BCUT2D eigenvalue weighted by atomic mass is 10.1. The zero-order valence-electron chi connectivity index (χ0n) is 16.1.